The van der Waals surface area contributed by atoms with E-state index in [4.69, 9.17) is 14.2 Å². The Balaban J connectivity index is 2.26. The van der Waals surface area contributed by atoms with Crippen LogP contribution in [0.1, 0.15) is 37.9 Å². The number of methoxy groups -OCH3 is 2. The second-order valence-corrected chi connectivity index (χ2v) is 6.14. The molecule has 0 radical (unpaired) electrons. The molecule has 1 amide bonds. The Morgan fingerprint density at radius 1 is 1.33 bits per heavy atom. The summed E-state index contributed by atoms with van der Waals surface area (Å²) in [5.74, 6) is 0.788. The fourth-order valence-corrected chi connectivity index (χ4v) is 2.48. The molecule has 0 spiro atoms. The van der Waals surface area contributed by atoms with Crippen LogP contribution in [0.15, 0.2) is 18.2 Å². The molecule has 1 aromatic carbocycles. The lowest BCUT2D eigenvalue weighted by atomic mass is 10.1. The van der Waals surface area contributed by atoms with E-state index in [1.165, 1.54) is 0 Å². The van der Waals surface area contributed by atoms with Gasteiger partial charge in [-0.05, 0) is 44.0 Å². The molecule has 0 fully saturated rings. The number of carbonyl (C=O) groups is 1. The normalized spacial score (nSPS) is 17.6. The predicted octanol–water partition coefficient (Wildman–Crippen LogP) is 3.13. The molecule has 5 heteroatoms. The van der Waals surface area contributed by atoms with Crippen molar-refractivity contribution in [1.82, 2.24) is 4.90 Å². The van der Waals surface area contributed by atoms with Crippen LogP contribution in [0.5, 0.6) is 5.75 Å². The topological polar surface area (TPSA) is 48.0 Å². The Morgan fingerprint density at radius 3 is 2.62 bits per heavy atom. The van der Waals surface area contributed by atoms with Crippen LogP contribution in [0.25, 0.3) is 0 Å². The molecule has 116 valence electrons. The molecule has 1 heterocycles. The number of hydrogen-bond acceptors (Lipinski definition) is 4. The fourth-order valence-electron chi connectivity index (χ4n) is 2.48. The Bertz CT molecular complexity index is 521. The highest BCUT2D eigenvalue weighted by atomic mass is 16.6. The standard InChI is InChI=1S/C16H23NO4/c1-16(2,3)21-15(18)17-9-11-8-12(20-5)6-7-13(11)14(17)10-19-4/h6-8,14H,9-10H2,1-5H3. The SMILES string of the molecule is COCC1c2ccc(OC)cc2CN1C(=O)OC(C)(C)C. The number of benzene rings is 1. The van der Waals surface area contributed by atoms with Crippen molar-refractivity contribution in [2.45, 2.75) is 39.0 Å². The first-order chi connectivity index (χ1) is 9.85. The Labute approximate surface area is 125 Å². The maximum Gasteiger partial charge on any atom is 0.411 e. The van der Waals surface area contributed by atoms with Crippen LogP contribution in [0, 0.1) is 0 Å². The molecule has 1 aliphatic heterocycles. The monoisotopic (exact) mass is 293 g/mol. The van der Waals surface area contributed by atoms with Crippen molar-refractivity contribution >= 4 is 6.09 Å². The Kier molecular flexibility index (Phi) is 4.42. The van der Waals surface area contributed by atoms with Gasteiger partial charge < -0.3 is 14.2 Å². The quantitative estimate of drug-likeness (QED) is 0.859. The first kappa shape index (κ1) is 15.6. The van der Waals surface area contributed by atoms with Crippen molar-refractivity contribution in [3.8, 4) is 5.75 Å². The van der Waals surface area contributed by atoms with Crippen LogP contribution in [0.2, 0.25) is 0 Å². The molecule has 0 saturated carbocycles. The minimum absolute atomic E-state index is 0.120. The molecule has 1 atom stereocenters. The largest absolute Gasteiger partial charge is 0.497 e. The summed E-state index contributed by atoms with van der Waals surface area (Å²) in [5.41, 5.74) is 1.65. The first-order valence-electron chi connectivity index (χ1n) is 7.01. The zero-order chi connectivity index (χ0) is 15.6. The minimum Gasteiger partial charge on any atom is -0.497 e. The molecule has 1 aliphatic rings. The maximum atomic E-state index is 12.4. The molecule has 5 nitrogen and oxygen atoms in total. The predicted molar refractivity (Wildman–Crippen MR) is 79.4 cm³/mol. The van der Waals surface area contributed by atoms with Crippen molar-refractivity contribution in [3.05, 3.63) is 29.3 Å². The van der Waals surface area contributed by atoms with Crippen LogP contribution in [0.3, 0.4) is 0 Å². The molecule has 21 heavy (non-hydrogen) atoms. The van der Waals surface area contributed by atoms with Crippen LogP contribution in [0.4, 0.5) is 4.79 Å². The maximum absolute atomic E-state index is 12.4. The van der Waals surface area contributed by atoms with Gasteiger partial charge in [-0.1, -0.05) is 6.07 Å². The number of amides is 1. The van der Waals surface area contributed by atoms with E-state index in [0.717, 1.165) is 16.9 Å². The first-order valence-corrected chi connectivity index (χ1v) is 7.01. The van der Waals surface area contributed by atoms with E-state index in [9.17, 15) is 4.79 Å². The number of ether oxygens (including phenoxy) is 3. The molecule has 0 saturated heterocycles. The van der Waals surface area contributed by atoms with Crippen molar-refractivity contribution in [3.63, 3.8) is 0 Å². The van der Waals surface area contributed by atoms with Crippen LogP contribution < -0.4 is 4.74 Å². The van der Waals surface area contributed by atoms with Gasteiger partial charge in [0.1, 0.15) is 11.4 Å². The van der Waals surface area contributed by atoms with Gasteiger partial charge in [-0.2, -0.15) is 0 Å². The van der Waals surface area contributed by atoms with Gasteiger partial charge in [-0.3, -0.25) is 4.90 Å². The van der Waals surface area contributed by atoms with Crippen molar-refractivity contribution in [2.75, 3.05) is 20.8 Å². The number of rotatable bonds is 3. The molecular weight excluding hydrogens is 270 g/mol. The average Bonchev–Trinajstić information content (AvgIpc) is 2.75. The van der Waals surface area contributed by atoms with Gasteiger partial charge in [0.25, 0.3) is 0 Å². The minimum atomic E-state index is -0.513. The summed E-state index contributed by atoms with van der Waals surface area (Å²) in [6.07, 6.45) is -0.320. The number of nitrogens with zero attached hydrogens (tertiary/aromatic N) is 1. The second kappa shape index (κ2) is 5.93. The summed E-state index contributed by atoms with van der Waals surface area (Å²) >= 11 is 0. The Morgan fingerprint density at radius 2 is 2.05 bits per heavy atom. The van der Waals surface area contributed by atoms with Crippen molar-refractivity contribution in [2.24, 2.45) is 0 Å². The van der Waals surface area contributed by atoms with Crippen LogP contribution >= 0.6 is 0 Å². The number of hydrogen-bond donors (Lipinski definition) is 0. The van der Waals surface area contributed by atoms with E-state index in [1.54, 1.807) is 19.1 Å². The molecule has 1 aromatic rings. The van der Waals surface area contributed by atoms with Crippen LogP contribution in [-0.2, 0) is 16.0 Å². The van der Waals surface area contributed by atoms with Gasteiger partial charge in [-0.25, -0.2) is 4.79 Å². The van der Waals surface area contributed by atoms with E-state index in [2.05, 4.69) is 0 Å². The molecule has 1 unspecified atom stereocenters. The zero-order valence-electron chi connectivity index (χ0n) is 13.3. The molecule has 0 aliphatic carbocycles. The van der Waals surface area contributed by atoms with Gasteiger partial charge >= 0.3 is 6.09 Å². The molecule has 0 N–H and O–H groups in total. The Hall–Kier alpha value is -1.75. The lowest BCUT2D eigenvalue weighted by Gasteiger charge is -2.28. The zero-order valence-corrected chi connectivity index (χ0v) is 13.3. The fraction of sp³-hybridized carbons (Fsp3) is 0.562. The van der Waals surface area contributed by atoms with Gasteiger partial charge in [-0.15, -0.1) is 0 Å². The van der Waals surface area contributed by atoms with E-state index >= 15 is 0 Å². The highest BCUT2D eigenvalue weighted by molar-refractivity contribution is 5.70. The smallest absolute Gasteiger partial charge is 0.411 e. The summed E-state index contributed by atoms with van der Waals surface area (Å²) in [5, 5.41) is 0. The van der Waals surface area contributed by atoms with E-state index < -0.39 is 5.60 Å². The van der Waals surface area contributed by atoms with Crippen molar-refractivity contribution in [1.29, 1.82) is 0 Å². The third-order valence-corrected chi connectivity index (χ3v) is 3.38. The van der Waals surface area contributed by atoms with Gasteiger partial charge in [0.05, 0.1) is 26.3 Å². The second-order valence-electron chi connectivity index (χ2n) is 6.14. The molecule has 0 aromatic heterocycles. The number of carbonyl (C=O) groups excluding carboxylic acids is 1. The average molecular weight is 293 g/mol. The van der Waals surface area contributed by atoms with E-state index in [1.807, 2.05) is 39.0 Å². The van der Waals surface area contributed by atoms with Gasteiger partial charge in [0.2, 0.25) is 0 Å². The third-order valence-electron chi connectivity index (χ3n) is 3.38. The molecule has 2 rings (SSSR count). The van der Waals surface area contributed by atoms with E-state index in [-0.39, 0.29) is 12.1 Å². The molecule has 0 bridgehead atoms. The number of fused-ring (bicyclic) bond motifs is 1. The van der Waals surface area contributed by atoms with Gasteiger partial charge in [0.15, 0.2) is 0 Å². The van der Waals surface area contributed by atoms with E-state index in [0.29, 0.717) is 13.2 Å². The lowest BCUT2D eigenvalue weighted by Crippen LogP contribution is -2.37. The summed E-state index contributed by atoms with van der Waals surface area (Å²) in [4.78, 5) is 14.1. The summed E-state index contributed by atoms with van der Waals surface area (Å²) in [6, 6.07) is 5.73. The lowest BCUT2D eigenvalue weighted by molar-refractivity contribution is 0.00782. The van der Waals surface area contributed by atoms with Crippen molar-refractivity contribution < 1.29 is 19.0 Å². The summed E-state index contributed by atoms with van der Waals surface area (Å²) in [6.45, 7) is 6.54. The van der Waals surface area contributed by atoms with Gasteiger partial charge in [0, 0.05) is 7.11 Å². The summed E-state index contributed by atoms with van der Waals surface area (Å²) < 4.78 is 16.0. The molecular formula is C16H23NO4. The highest BCUT2D eigenvalue weighted by Crippen LogP contribution is 2.36. The highest BCUT2D eigenvalue weighted by Gasteiger charge is 2.36. The summed E-state index contributed by atoms with van der Waals surface area (Å²) in [7, 11) is 3.27. The van der Waals surface area contributed by atoms with Crippen LogP contribution in [-0.4, -0.2) is 37.4 Å². The third kappa shape index (κ3) is 3.47.